The van der Waals surface area contributed by atoms with Gasteiger partial charge in [-0.15, -0.1) is 0 Å². The third-order valence-electron chi connectivity index (χ3n) is 1.85. The van der Waals surface area contributed by atoms with Gasteiger partial charge in [-0.2, -0.15) is 0 Å². The molecule has 2 N–H and O–H groups in total. The molecule has 1 aromatic carbocycles. The van der Waals surface area contributed by atoms with E-state index in [2.05, 4.69) is 20.9 Å². The highest BCUT2D eigenvalue weighted by atomic mass is 79.9. The van der Waals surface area contributed by atoms with Crippen LogP contribution >= 0.6 is 15.9 Å². The Bertz CT molecular complexity index is 422. The molecule has 0 radical (unpaired) electrons. The van der Waals surface area contributed by atoms with E-state index < -0.39 is 0 Å². The van der Waals surface area contributed by atoms with Gasteiger partial charge in [-0.3, -0.25) is 0 Å². The molecule has 0 fully saturated rings. The molecule has 0 unspecified atom stereocenters. The van der Waals surface area contributed by atoms with E-state index in [4.69, 9.17) is 10.2 Å². The lowest BCUT2D eigenvalue weighted by molar-refractivity contribution is 0.572. The number of nitrogens with two attached hydrogens (primary N) is 1. The Morgan fingerprint density at radius 3 is 2.57 bits per heavy atom. The van der Waals surface area contributed by atoms with Gasteiger partial charge in [0.1, 0.15) is 6.26 Å². The Morgan fingerprint density at radius 2 is 2.00 bits per heavy atom. The molecule has 1 aromatic heterocycles. The van der Waals surface area contributed by atoms with Crippen molar-refractivity contribution in [2.24, 2.45) is 5.73 Å². The average molecular weight is 253 g/mol. The zero-order valence-electron chi connectivity index (χ0n) is 7.40. The predicted molar refractivity (Wildman–Crippen MR) is 57.5 cm³/mol. The van der Waals surface area contributed by atoms with Crippen LogP contribution in [-0.2, 0) is 6.54 Å². The topological polar surface area (TPSA) is 52.0 Å². The van der Waals surface area contributed by atoms with E-state index in [0.29, 0.717) is 12.4 Å². The Morgan fingerprint density at radius 1 is 1.29 bits per heavy atom. The standard InChI is InChI=1S/C10H9BrN2O/c11-8-3-1-7(2-4-8)10-13-9(5-12)6-14-10/h1-4,6H,5,12H2. The van der Waals surface area contributed by atoms with E-state index >= 15 is 0 Å². The molecule has 2 rings (SSSR count). The smallest absolute Gasteiger partial charge is 0.226 e. The lowest BCUT2D eigenvalue weighted by atomic mass is 10.2. The number of halogens is 1. The Hall–Kier alpha value is -1.13. The van der Waals surface area contributed by atoms with E-state index in [1.807, 2.05) is 24.3 Å². The van der Waals surface area contributed by atoms with Crippen molar-refractivity contribution in [3.63, 3.8) is 0 Å². The molecule has 0 saturated heterocycles. The second-order valence-electron chi connectivity index (χ2n) is 2.86. The van der Waals surface area contributed by atoms with Crippen molar-refractivity contribution < 1.29 is 4.42 Å². The molecular formula is C10H9BrN2O. The average Bonchev–Trinajstić information content (AvgIpc) is 2.67. The van der Waals surface area contributed by atoms with Crippen LogP contribution in [0.15, 0.2) is 39.4 Å². The molecule has 14 heavy (non-hydrogen) atoms. The van der Waals surface area contributed by atoms with Crippen molar-refractivity contribution in [1.82, 2.24) is 4.98 Å². The highest BCUT2D eigenvalue weighted by Gasteiger charge is 2.04. The molecule has 3 nitrogen and oxygen atoms in total. The second-order valence-corrected chi connectivity index (χ2v) is 3.77. The summed E-state index contributed by atoms with van der Waals surface area (Å²) < 4.78 is 6.31. The molecule has 0 aliphatic rings. The number of rotatable bonds is 2. The highest BCUT2D eigenvalue weighted by Crippen LogP contribution is 2.20. The largest absolute Gasteiger partial charge is 0.444 e. The molecule has 0 saturated carbocycles. The van der Waals surface area contributed by atoms with Crippen molar-refractivity contribution in [3.05, 3.63) is 40.7 Å². The van der Waals surface area contributed by atoms with E-state index in [1.165, 1.54) is 0 Å². The maximum Gasteiger partial charge on any atom is 0.226 e. The number of hydrogen-bond acceptors (Lipinski definition) is 3. The van der Waals surface area contributed by atoms with Gasteiger partial charge in [-0.05, 0) is 24.3 Å². The van der Waals surface area contributed by atoms with Crippen LogP contribution in [0.2, 0.25) is 0 Å². The van der Waals surface area contributed by atoms with Crippen molar-refractivity contribution in [2.45, 2.75) is 6.54 Å². The summed E-state index contributed by atoms with van der Waals surface area (Å²) in [5, 5.41) is 0. The van der Waals surface area contributed by atoms with Crippen LogP contribution in [0.3, 0.4) is 0 Å². The zero-order valence-corrected chi connectivity index (χ0v) is 8.99. The first-order chi connectivity index (χ1) is 6.79. The van der Waals surface area contributed by atoms with Gasteiger partial charge in [0.15, 0.2) is 0 Å². The molecule has 2 aromatic rings. The van der Waals surface area contributed by atoms with Crippen molar-refractivity contribution >= 4 is 15.9 Å². The molecule has 4 heteroatoms. The fourth-order valence-electron chi connectivity index (χ4n) is 1.13. The minimum atomic E-state index is 0.403. The summed E-state index contributed by atoms with van der Waals surface area (Å²) >= 11 is 3.37. The van der Waals surface area contributed by atoms with Gasteiger partial charge < -0.3 is 10.2 Å². The quantitative estimate of drug-likeness (QED) is 0.894. The number of nitrogens with zero attached hydrogens (tertiary/aromatic N) is 1. The van der Waals surface area contributed by atoms with Crippen molar-refractivity contribution in [3.8, 4) is 11.5 Å². The third-order valence-corrected chi connectivity index (χ3v) is 2.38. The Labute approximate surface area is 90.1 Å². The van der Waals surface area contributed by atoms with Crippen molar-refractivity contribution in [1.29, 1.82) is 0 Å². The van der Waals surface area contributed by atoms with Crippen LogP contribution < -0.4 is 5.73 Å². The maximum absolute atomic E-state index is 5.44. The summed E-state index contributed by atoms with van der Waals surface area (Å²) in [6, 6.07) is 7.77. The van der Waals surface area contributed by atoms with E-state index in [9.17, 15) is 0 Å². The first-order valence-corrected chi connectivity index (χ1v) is 4.99. The molecule has 0 aliphatic heterocycles. The second kappa shape index (κ2) is 3.94. The number of hydrogen-bond donors (Lipinski definition) is 1. The molecule has 0 spiro atoms. The minimum Gasteiger partial charge on any atom is -0.444 e. The summed E-state index contributed by atoms with van der Waals surface area (Å²) in [5.74, 6) is 0.609. The summed E-state index contributed by atoms with van der Waals surface area (Å²) in [5.41, 5.74) is 7.15. The SMILES string of the molecule is NCc1coc(-c2ccc(Br)cc2)n1. The predicted octanol–water partition coefficient (Wildman–Crippen LogP) is 2.56. The van der Waals surface area contributed by atoms with Crippen LogP contribution in [0.25, 0.3) is 11.5 Å². The zero-order chi connectivity index (χ0) is 9.97. The summed E-state index contributed by atoms with van der Waals surface area (Å²) in [6.07, 6.45) is 1.58. The first-order valence-electron chi connectivity index (χ1n) is 4.20. The highest BCUT2D eigenvalue weighted by molar-refractivity contribution is 9.10. The van der Waals surface area contributed by atoms with Crippen molar-refractivity contribution in [2.75, 3.05) is 0 Å². The summed E-state index contributed by atoms with van der Waals surface area (Å²) in [7, 11) is 0. The number of benzene rings is 1. The van der Waals surface area contributed by atoms with Crippen LogP contribution in [0.4, 0.5) is 0 Å². The Balaban J connectivity index is 2.34. The minimum absolute atomic E-state index is 0.403. The van der Waals surface area contributed by atoms with Crippen LogP contribution in [-0.4, -0.2) is 4.98 Å². The lowest BCUT2D eigenvalue weighted by Gasteiger charge is -1.94. The Kier molecular flexibility index (Phi) is 2.65. The first kappa shape index (κ1) is 9.43. The van der Waals surface area contributed by atoms with Crippen LogP contribution in [0, 0.1) is 0 Å². The molecule has 0 amide bonds. The van der Waals surface area contributed by atoms with Crippen LogP contribution in [0.5, 0.6) is 0 Å². The molecule has 0 atom stereocenters. The van der Waals surface area contributed by atoms with E-state index in [1.54, 1.807) is 6.26 Å². The fourth-order valence-corrected chi connectivity index (χ4v) is 1.39. The molecule has 1 heterocycles. The summed E-state index contributed by atoms with van der Waals surface area (Å²) in [4.78, 5) is 4.22. The fraction of sp³-hybridized carbons (Fsp3) is 0.100. The van der Waals surface area contributed by atoms with Gasteiger partial charge in [0.2, 0.25) is 5.89 Å². The van der Waals surface area contributed by atoms with E-state index in [-0.39, 0.29) is 0 Å². The van der Waals surface area contributed by atoms with Gasteiger partial charge in [0.05, 0.1) is 5.69 Å². The van der Waals surface area contributed by atoms with Gasteiger partial charge in [-0.25, -0.2) is 4.98 Å². The number of oxazole rings is 1. The molecule has 72 valence electrons. The molecule has 0 aliphatic carbocycles. The lowest BCUT2D eigenvalue weighted by Crippen LogP contribution is -1.95. The van der Waals surface area contributed by atoms with E-state index in [0.717, 1.165) is 15.7 Å². The van der Waals surface area contributed by atoms with Gasteiger partial charge in [-0.1, -0.05) is 15.9 Å². The third kappa shape index (κ3) is 1.86. The number of aromatic nitrogens is 1. The molecule has 0 bridgehead atoms. The van der Waals surface area contributed by atoms with Crippen LogP contribution in [0.1, 0.15) is 5.69 Å². The molecular weight excluding hydrogens is 244 g/mol. The maximum atomic E-state index is 5.44. The normalized spacial score (nSPS) is 10.4. The monoisotopic (exact) mass is 252 g/mol. The summed E-state index contributed by atoms with van der Waals surface area (Å²) in [6.45, 7) is 0.403. The van der Waals surface area contributed by atoms with Gasteiger partial charge >= 0.3 is 0 Å². The van der Waals surface area contributed by atoms with Gasteiger partial charge in [0, 0.05) is 16.6 Å². The van der Waals surface area contributed by atoms with Gasteiger partial charge in [0.25, 0.3) is 0 Å².